The van der Waals surface area contributed by atoms with Crippen molar-refractivity contribution in [3.05, 3.63) is 45.4 Å². The molecule has 1 heterocycles. The summed E-state index contributed by atoms with van der Waals surface area (Å²) in [4.78, 5) is 5.37. The van der Waals surface area contributed by atoms with Crippen LogP contribution < -0.4 is 5.32 Å². The first-order chi connectivity index (χ1) is 9.27. The molecule has 0 amide bonds. The van der Waals surface area contributed by atoms with Crippen molar-refractivity contribution in [3.8, 4) is 0 Å². The van der Waals surface area contributed by atoms with Crippen LogP contribution in [0.25, 0.3) is 0 Å². The van der Waals surface area contributed by atoms with Crippen molar-refractivity contribution < 1.29 is 13.2 Å². The summed E-state index contributed by atoms with van der Waals surface area (Å²) < 4.78 is 38.0. The van der Waals surface area contributed by atoms with Gasteiger partial charge in [0.1, 0.15) is 0 Å². The minimum atomic E-state index is -4.32. The molecule has 0 aliphatic carbocycles. The second kappa shape index (κ2) is 5.44. The maximum absolute atomic E-state index is 12.7. The Hall–Kier alpha value is -1.56. The van der Waals surface area contributed by atoms with Gasteiger partial charge in [-0.05, 0) is 39.0 Å². The SMILES string of the molecule is Cc1nc(C)c(C(C)Nc2cccc(C(F)(F)F)c2)s1. The summed E-state index contributed by atoms with van der Waals surface area (Å²) >= 11 is 1.56. The van der Waals surface area contributed by atoms with Gasteiger partial charge in [0, 0.05) is 10.6 Å². The van der Waals surface area contributed by atoms with E-state index in [4.69, 9.17) is 0 Å². The Morgan fingerprint density at radius 1 is 1.25 bits per heavy atom. The Balaban J connectivity index is 2.20. The molecule has 0 aliphatic rings. The molecule has 20 heavy (non-hydrogen) atoms. The van der Waals surface area contributed by atoms with Crippen molar-refractivity contribution in [1.29, 1.82) is 0 Å². The minimum Gasteiger partial charge on any atom is -0.378 e. The van der Waals surface area contributed by atoms with Gasteiger partial charge < -0.3 is 5.32 Å². The number of nitrogens with zero attached hydrogens (tertiary/aromatic N) is 1. The lowest BCUT2D eigenvalue weighted by Gasteiger charge is -2.16. The van der Waals surface area contributed by atoms with Crippen LogP contribution in [0.2, 0.25) is 0 Å². The summed E-state index contributed by atoms with van der Waals surface area (Å²) in [5.41, 5.74) is 0.726. The zero-order valence-corrected chi connectivity index (χ0v) is 12.2. The summed E-state index contributed by atoms with van der Waals surface area (Å²) in [7, 11) is 0. The fraction of sp³-hybridized carbons (Fsp3) is 0.357. The van der Waals surface area contributed by atoms with Crippen LogP contribution in [-0.2, 0) is 6.18 Å². The van der Waals surface area contributed by atoms with Gasteiger partial charge in [-0.2, -0.15) is 13.2 Å². The molecule has 0 fully saturated rings. The van der Waals surface area contributed by atoms with E-state index in [1.807, 2.05) is 20.8 Å². The molecule has 0 radical (unpaired) electrons. The Bertz CT molecular complexity index is 605. The second-order valence-electron chi connectivity index (χ2n) is 4.63. The molecular formula is C14H15F3N2S. The highest BCUT2D eigenvalue weighted by atomic mass is 32.1. The van der Waals surface area contributed by atoms with E-state index >= 15 is 0 Å². The van der Waals surface area contributed by atoms with Gasteiger partial charge in [0.25, 0.3) is 0 Å². The van der Waals surface area contributed by atoms with E-state index in [-0.39, 0.29) is 6.04 Å². The van der Waals surface area contributed by atoms with Crippen molar-refractivity contribution in [2.75, 3.05) is 5.32 Å². The fourth-order valence-corrected chi connectivity index (χ4v) is 2.98. The van der Waals surface area contributed by atoms with Crippen molar-refractivity contribution in [2.45, 2.75) is 33.0 Å². The van der Waals surface area contributed by atoms with E-state index in [0.29, 0.717) is 5.69 Å². The Kier molecular flexibility index (Phi) is 4.04. The highest BCUT2D eigenvalue weighted by molar-refractivity contribution is 7.11. The monoisotopic (exact) mass is 300 g/mol. The average molecular weight is 300 g/mol. The Morgan fingerprint density at radius 3 is 2.50 bits per heavy atom. The number of anilines is 1. The molecule has 6 heteroatoms. The average Bonchev–Trinajstić information content (AvgIpc) is 2.68. The fourth-order valence-electron chi connectivity index (χ4n) is 2.05. The third-order valence-electron chi connectivity index (χ3n) is 2.91. The van der Waals surface area contributed by atoms with Gasteiger partial charge in [-0.1, -0.05) is 6.07 Å². The third kappa shape index (κ3) is 3.30. The second-order valence-corrected chi connectivity index (χ2v) is 5.86. The summed E-state index contributed by atoms with van der Waals surface area (Å²) in [5.74, 6) is 0. The molecule has 2 nitrogen and oxygen atoms in total. The lowest BCUT2D eigenvalue weighted by Crippen LogP contribution is -2.09. The molecule has 2 aromatic rings. The summed E-state index contributed by atoms with van der Waals surface area (Å²) in [6.07, 6.45) is -4.32. The Labute approximate surface area is 119 Å². The largest absolute Gasteiger partial charge is 0.416 e. The van der Waals surface area contributed by atoms with Crippen molar-refractivity contribution in [3.63, 3.8) is 0 Å². The number of aromatic nitrogens is 1. The highest BCUT2D eigenvalue weighted by Gasteiger charge is 2.30. The maximum atomic E-state index is 12.7. The first kappa shape index (κ1) is 14.8. The molecule has 1 unspecified atom stereocenters. The molecule has 0 bridgehead atoms. The summed E-state index contributed by atoms with van der Waals surface area (Å²) in [6.45, 7) is 5.74. The molecule has 1 N–H and O–H groups in total. The van der Waals surface area contributed by atoms with Gasteiger partial charge in [0.2, 0.25) is 0 Å². The molecule has 0 spiro atoms. The number of aryl methyl sites for hydroxylation is 2. The highest BCUT2D eigenvalue weighted by Crippen LogP contribution is 2.32. The van der Waals surface area contributed by atoms with E-state index in [1.165, 1.54) is 6.07 Å². The molecular weight excluding hydrogens is 285 g/mol. The molecule has 1 aromatic carbocycles. The van der Waals surface area contributed by atoms with E-state index in [0.717, 1.165) is 27.7 Å². The number of alkyl halides is 3. The summed E-state index contributed by atoms with van der Waals surface area (Å²) in [6, 6.07) is 5.15. The summed E-state index contributed by atoms with van der Waals surface area (Å²) in [5, 5.41) is 4.05. The number of halogens is 3. The standard InChI is InChI=1S/C14H15F3N2S/c1-8-13(20-10(3)18-8)9(2)19-12-6-4-5-11(7-12)14(15,16)17/h4-7,9,19H,1-3H3. The van der Waals surface area contributed by atoms with Gasteiger partial charge in [-0.15, -0.1) is 11.3 Å². The number of thiazole rings is 1. The Morgan fingerprint density at radius 2 is 1.95 bits per heavy atom. The van der Waals surface area contributed by atoms with Crippen LogP contribution in [0, 0.1) is 13.8 Å². The zero-order chi connectivity index (χ0) is 14.9. The van der Waals surface area contributed by atoms with Gasteiger partial charge in [-0.3, -0.25) is 0 Å². The first-order valence-corrected chi connectivity index (χ1v) is 6.96. The number of hydrogen-bond donors (Lipinski definition) is 1. The predicted molar refractivity (Wildman–Crippen MR) is 75.1 cm³/mol. The minimum absolute atomic E-state index is 0.0790. The molecule has 108 valence electrons. The van der Waals surface area contributed by atoms with Gasteiger partial charge in [-0.25, -0.2) is 4.98 Å². The predicted octanol–water partition coefficient (Wildman–Crippen LogP) is 4.95. The normalized spacial score (nSPS) is 13.3. The number of benzene rings is 1. The number of nitrogens with one attached hydrogen (secondary N) is 1. The quantitative estimate of drug-likeness (QED) is 0.867. The van der Waals surface area contributed by atoms with E-state index in [2.05, 4.69) is 10.3 Å². The van der Waals surface area contributed by atoms with Crippen LogP contribution in [0.3, 0.4) is 0 Å². The first-order valence-electron chi connectivity index (χ1n) is 6.15. The van der Waals surface area contributed by atoms with Crippen LogP contribution in [0.4, 0.5) is 18.9 Å². The topological polar surface area (TPSA) is 24.9 Å². The molecule has 1 aromatic heterocycles. The molecule has 1 atom stereocenters. The van der Waals surface area contributed by atoms with Crippen LogP contribution in [0.15, 0.2) is 24.3 Å². The van der Waals surface area contributed by atoms with Crippen molar-refractivity contribution in [2.24, 2.45) is 0 Å². The van der Waals surface area contributed by atoms with Crippen molar-refractivity contribution in [1.82, 2.24) is 4.98 Å². The molecule has 2 rings (SSSR count). The van der Waals surface area contributed by atoms with Gasteiger partial charge >= 0.3 is 6.18 Å². The van der Waals surface area contributed by atoms with E-state index < -0.39 is 11.7 Å². The zero-order valence-electron chi connectivity index (χ0n) is 11.4. The van der Waals surface area contributed by atoms with E-state index in [9.17, 15) is 13.2 Å². The molecule has 0 saturated carbocycles. The smallest absolute Gasteiger partial charge is 0.378 e. The lowest BCUT2D eigenvalue weighted by atomic mass is 10.1. The van der Waals surface area contributed by atoms with Crippen LogP contribution in [-0.4, -0.2) is 4.98 Å². The van der Waals surface area contributed by atoms with Crippen molar-refractivity contribution >= 4 is 17.0 Å². The lowest BCUT2D eigenvalue weighted by molar-refractivity contribution is -0.137. The maximum Gasteiger partial charge on any atom is 0.416 e. The van der Waals surface area contributed by atoms with Crippen LogP contribution >= 0.6 is 11.3 Å². The van der Waals surface area contributed by atoms with Gasteiger partial charge in [0.05, 0.1) is 22.3 Å². The molecule has 0 saturated heterocycles. The van der Waals surface area contributed by atoms with E-state index in [1.54, 1.807) is 17.4 Å². The van der Waals surface area contributed by atoms with Crippen LogP contribution in [0.1, 0.15) is 34.1 Å². The third-order valence-corrected chi connectivity index (χ3v) is 4.16. The van der Waals surface area contributed by atoms with Crippen LogP contribution in [0.5, 0.6) is 0 Å². The number of hydrogen-bond acceptors (Lipinski definition) is 3. The molecule has 0 aliphatic heterocycles. The number of rotatable bonds is 3. The van der Waals surface area contributed by atoms with Gasteiger partial charge in [0.15, 0.2) is 0 Å².